The van der Waals surface area contributed by atoms with E-state index in [0.717, 1.165) is 5.84 Å². The molecular formula is C17H28N6O5. The molecule has 1 N–H and O–H groups in total. The van der Waals surface area contributed by atoms with Crippen LogP contribution in [0.3, 0.4) is 0 Å². The van der Waals surface area contributed by atoms with Gasteiger partial charge < -0.3 is 24.2 Å². The van der Waals surface area contributed by atoms with Crippen LogP contribution in [0.15, 0.2) is 4.99 Å². The fourth-order valence-electron chi connectivity index (χ4n) is 3.67. The first kappa shape index (κ1) is 20.3. The Kier molecular flexibility index (Phi) is 6.35. The molecule has 0 saturated carbocycles. The van der Waals surface area contributed by atoms with Crippen LogP contribution >= 0.6 is 0 Å². The number of imide groups is 1. The molecule has 3 rings (SSSR count). The van der Waals surface area contributed by atoms with Gasteiger partial charge in [0.2, 0.25) is 0 Å². The van der Waals surface area contributed by atoms with Crippen molar-refractivity contribution in [2.24, 2.45) is 4.99 Å². The molecule has 0 aromatic carbocycles. The van der Waals surface area contributed by atoms with Crippen molar-refractivity contribution >= 4 is 23.9 Å². The highest BCUT2D eigenvalue weighted by Gasteiger charge is 2.48. The lowest BCUT2D eigenvalue weighted by Gasteiger charge is -2.37. The highest BCUT2D eigenvalue weighted by molar-refractivity contribution is 6.04. The summed E-state index contributed by atoms with van der Waals surface area (Å²) >= 11 is 0. The number of ether oxygens (including phenoxy) is 2. The summed E-state index contributed by atoms with van der Waals surface area (Å²) in [5, 5.41) is 2.38. The molecule has 11 heteroatoms. The number of hydrogen-bond donors (Lipinski definition) is 1. The van der Waals surface area contributed by atoms with E-state index in [1.165, 1.54) is 4.90 Å². The largest absolute Gasteiger partial charge is 0.450 e. The first-order chi connectivity index (χ1) is 13.5. The molecule has 2 fully saturated rings. The maximum atomic E-state index is 12.4. The standard InChI is InChI=1S/C17H28N6O5/c1-4-28-17(26)22-7-5-21(6-8-22)11-12-18-14-13(23(12)9-10-27-3)15(24)19-16(25)20(14)2/h13-14H,4-11H2,1-3H3,(H,19,24,25). The van der Waals surface area contributed by atoms with Gasteiger partial charge in [0, 0.05) is 46.9 Å². The van der Waals surface area contributed by atoms with Crippen molar-refractivity contribution in [2.75, 3.05) is 66.6 Å². The van der Waals surface area contributed by atoms with Gasteiger partial charge in [0.1, 0.15) is 5.84 Å². The van der Waals surface area contributed by atoms with E-state index in [-0.39, 0.29) is 12.0 Å². The van der Waals surface area contributed by atoms with E-state index in [9.17, 15) is 14.4 Å². The summed E-state index contributed by atoms with van der Waals surface area (Å²) in [4.78, 5) is 48.2. The smallest absolute Gasteiger partial charge is 0.409 e. The van der Waals surface area contributed by atoms with E-state index in [1.54, 1.807) is 26.0 Å². The third-order valence-electron chi connectivity index (χ3n) is 5.25. The van der Waals surface area contributed by atoms with E-state index in [0.29, 0.717) is 52.5 Å². The van der Waals surface area contributed by atoms with Gasteiger partial charge in [0.25, 0.3) is 5.91 Å². The normalized spacial score (nSPS) is 25.5. The van der Waals surface area contributed by atoms with Crippen molar-refractivity contribution in [3.63, 3.8) is 0 Å². The third-order valence-corrected chi connectivity index (χ3v) is 5.25. The van der Waals surface area contributed by atoms with Crippen molar-refractivity contribution in [1.29, 1.82) is 0 Å². The molecule has 0 aliphatic carbocycles. The summed E-state index contributed by atoms with van der Waals surface area (Å²) in [6.07, 6.45) is -0.821. The van der Waals surface area contributed by atoms with Crippen LogP contribution < -0.4 is 5.32 Å². The van der Waals surface area contributed by atoms with E-state index in [4.69, 9.17) is 9.47 Å². The Balaban J connectivity index is 1.67. The lowest BCUT2D eigenvalue weighted by Crippen LogP contribution is -2.64. The van der Waals surface area contributed by atoms with Crippen molar-refractivity contribution in [2.45, 2.75) is 19.1 Å². The first-order valence-electron chi connectivity index (χ1n) is 9.50. The van der Waals surface area contributed by atoms with Crippen molar-refractivity contribution < 1.29 is 23.9 Å². The SMILES string of the molecule is CCOC(=O)N1CCN(CC2=NC3C(C(=O)NC(=O)N3C)N2CCOC)CC1. The maximum absolute atomic E-state index is 12.4. The van der Waals surface area contributed by atoms with Crippen molar-refractivity contribution in [3.05, 3.63) is 0 Å². The predicted molar refractivity (Wildman–Crippen MR) is 99.9 cm³/mol. The number of hydrogen-bond acceptors (Lipinski definition) is 8. The summed E-state index contributed by atoms with van der Waals surface area (Å²) in [5.74, 6) is 0.420. The number of nitrogens with one attached hydrogen (secondary N) is 1. The maximum Gasteiger partial charge on any atom is 0.409 e. The van der Waals surface area contributed by atoms with Gasteiger partial charge in [-0.2, -0.15) is 0 Å². The molecule has 3 aliphatic heterocycles. The summed E-state index contributed by atoms with van der Waals surface area (Å²) in [7, 11) is 3.24. The zero-order valence-corrected chi connectivity index (χ0v) is 16.6. The lowest BCUT2D eigenvalue weighted by atomic mass is 10.1. The van der Waals surface area contributed by atoms with Crippen LogP contribution in [-0.2, 0) is 14.3 Å². The number of amides is 4. The van der Waals surface area contributed by atoms with Gasteiger partial charge in [0.15, 0.2) is 12.2 Å². The number of fused-ring (bicyclic) bond motifs is 1. The molecule has 156 valence electrons. The number of nitrogens with zero attached hydrogens (tertiary/aromatic N) is 5. The molecule has 0 radical (unpaired) electrons. The number of methoxy groups -OCH3 is 1. The second kappa shape index (κ2) is 8.74. The zero-order valence-electron chi connectivity index (χ0n) is 16.6. The van der Waals surface area contributed by atoms with Crippen LogP contribution in [0.2, 0.25) is 0 Å². The Morgan fingerprint density at radius 2 is 1.96 bits per heavy atom. The van der Waals surface area contributed by atoms with Gasteiger partial charge in [-0.05, 0) is 6.92 Å². The molecule has 11 nitrogen and oxygen atoms in total. The highest BCUT2D eigenvalue weighted by atomic mass is 16.6. The Bertz CT molecular complexity index is 648. The predicted octanol–water partition coefficient (Wildman–Crippen LogP) is -1.00. The molecule has 3 heterocycles. The van der Waals surface area contributed by atoms with Gasteiger partial charge in [-0.3, -0.25) is 15.0 Å². The minimum atomic E-state index is -0.548. The van der Waals surface area contributed by atoms with Crippen LogP contribution in [0.25, 0.3) is 0 Å². The number of likely N-dealkylation sites (N-methyl/N-ethyl adjacent to an activating group) is 1. The summed E-state index contributed by atoms with van der Waals surface area (Å²) in [6.45, 7) is 6.19. The Hall–Kier alpha value is -2.40. The molecule has 0 bridgehead atoms. The van der Waals surface area contributed by atoms with Crippen LogP contribution in [0.4, 0.5) is 9.59 Å². The Labute approximate surface area is 164 Å². The minimum Gasteiger partial charge on any atom is -0.450 e. The fraction of sp³-hybridized carbons (Fsp3) is 0.765. The van der Waals surface area contributed by atoms with Gasteiger partial charge >= 0.3 is 12.1 Å². The highest BCUT2D eigenvalue weighted by Crippen LogP contribution is 2.24. The Morgan fingerprint density at radius 1 is 1.25 bits per heavy atom. The summed E-state index contributed by atoms with van der Waals surface area (Å²) in [5.41, 5.74) is 0. The zero-order chi connectivity index (χ0) is 20.3. The first-order valence-corrected chi connectivity index (χ1v) is 9.50. The van der Waals surface area contributed by atoms with E-state index in [1.807, 2.05) is 4.90 Å². The quantitative estimate of drug-likeness (QED) is 0.613. The number of amidine groups is 1. The topological polar surface area (TPSA) is 107 Å². The number of piperazine rings is 1. The van der Waals surface area contributed by atoms with Gasteiger partial charge in [-0.1, -0.05) is 0 Å². The molecule has 28 heavy (non-hydrogen) atoms. The second-order valence-electron chi connectivity index (χ2n) is 6.96. The van der Waals surface area contributed by atoms with Gasteiger partial charge in [0.05, 0.1) is 19.8 Å². The minimum absolute atomic E-state index is 0.287. The average molecular weight is 396 g/mol. The molecule has 2 unspecified atom stereocenters. The fourth-order valence-corrected chi connectivity index (χ4v) is 3.67. The lowest BCUT2D eigenvalue weighted by molar-refractivity contribution is -0.127. The molecule has 0 aromatic heterocycles. The summed E-state index contributed by atoms with van der Waals surface area (Å²) < 4.78 is 10.2. The third kappa shape index (κ3) is 4.04. The van der Waals surface area contributed by atoms with E-state index < -0.39 is 18.2 Å². The molecule has 3 aliphatic rings. The average Bonchev–Trinajstić information content (AvgIpc) is 3.04. The van der Waals surface area contributed by atoms with Crippen LogP contribution in [-0.4, -0.2) is 122 Å². The van der Waals surface area contributed by atoms with Crippen molar-refractivity contribution in [1.82, 2.24) is 24.9 Å². The Morgan fingerprint density at radius 3 is 2.61 bits per heavy atom. The number of carbonyl (C=O) groups is 3. The molecule has 2 atom stereocenters. The van der Waals surface area contributed by atoms with Gasteiger partial charge in [-0.15, -0.1) is 0 Å². The monoisotopic (exact) mass is 396 g/mol. The molecule has 2 saturated heterocycles. The number of rotatable bonds is 6. The molecular weight excluding hydrogens is 368 g/mol. The number of urea groups is 1. The van der Waals surface area contributed by atoms with Crippen LogP contribution in [0, 0.1) is 0 Å². The van der Waals surface area contributed by atoms with Crippen molar-refractivity contribution in [3.8, 4) is 0 Å². The van der Waals surface area contributed by atoms with Crippen LogP contribution in [0.5, 0.6) is 0 Å². The second-order valence-corrected chi connectivity index (χ2v) is 6.96. The molecule has 0 spiro atoms. The number of carbonyl (C=O) groups excluding carboxylic acids is 3. The molecule has 0 aromatic rings. The summed E-state index contributed by atoms with van der Waals surface area (Å²) in [6, 6.07) is -0.986. The molecule has 4 amide bonds. The van der Waals surface area contributed by atoms with Gasteiger partial charge in [-0.25, -0.2) is 14.6 Å². The van der Waals surface area contributed by atoms with E-state index in [2.05, 4.69) is 15.2 Å². The van der Waals surface area contributed by atoms with Crippen LogP contribution in [0.1, 0.15) is 6.92 Å². The number of aliphatic imine (C=N–C) groups is 1. The van der Waals surface area contributed by atoms with E-state index >= 15 is 0 Å².